The fraction of sp³-hybridized carbons (Fsp3) is 1.00. The number of hydrogen-bond donors (Lipinski definition) is 2. The summed E-state index contributed by atoms with van der Waals surface area (Å²) in [6, 6.07) is 0. The SMILES string of the molecule is CCCCC[C@@H](C[C@@H](O)CCCO)OCOC. The lowest BCUT2D eigenvalue weighted by atomic mass is 10.0. The molecule has 0 bridgehead atoms. The maximum atomic E-state index is 9.77. The standard InChI is InChI=1S/C13H28O4/c1-3-4-5-8-13(17-11-16-2)10-12(15)7-6-9-14/h12-15H,3-11H2,1-2H3/t12-,13-/m0/s1. The Morgan fingerprint density at radius 3 is 2.47 bits per heavy atom. The largest absolute Gasteiger partial charge is 0.396 e. The Bertz CT molecular complexity index is 152. The molecule has 0 spiro atoms. The second-order valence-corrected chi connectivity index (χ2v) is 4.45. The van der Waals surface area contributed by atoms with E-state index >= 15 is 0 Å². The van der Waals surface area contributed by atoms with Crippen molar-refractivity contribution in [2.24, 2.45) is 0 Å². The van der Waals surface area contributed by atoms with Crippen molar-refractivity contribution in [3.63, 3.8) is 0 Å². The van der Waals surface area contributed by atoms with Gasteiger partial charge in [-0.15, -0.1) is 0 Å². The molecule has 2 atom stereocenters. The van der Waals surface area contributed by atoms with Crippen LogP contribution in [0.4, 0.5) is 0 Å². The molecule has 4 heteroatoms. The third kappa shape index (κ3) is 10.7. The summed E-state index contributed by atoms with van der Waals surface area (Å²) in [4.78, 5) is 0. The number of methoxy groups -OCH3 is 1. The second kappa shape index (κ2) is 12.3. The molecule has 0 aliphatic rings. The summed E-state index contributed by atoms with van der Waals surface area (Å²) < 4.78 is 10.4. The minimum atomic E-state index is -0.384. The van der Waals surface area contributed by atoms with Gasteiger partial charge in [-0.3, -0.25) is 0 Å². The average Bonchev–Trinajstić information content (AvgIpc) is 2.33. The number of aliphatic hydroxyl groups is 2. The Morgan fingerprint density at radius 1 is 1.12 bits per heavy atom. The van der Waals surface area contributed by atoms with Crippen LogP contribution in [-0.4, -0.2) is 42.9 Å². The van der Waals surface area contributed by atoms with E-state index < -0.39 is 0 Å². The molecule has 0 saturated heterocycles. The van der Waals surface area contributed by atoms with Gasteiger partial charge >= 0.3 is 0 Å². The van der Waals surface area contributed by atoms with Gasteiger partial charge in [-0.25, -0.2) is 0 Å². The Hall–Kier alpha value is -0.160. The Balaban J connectivity index is 3.81. The van der Waals surface area contributed by atoms with Crippen LogP contribution in [0.15, 0.2) is 0 Å². The van der Waals surface area contributed by atoms with Crippen LogP contribution < -0.4 is 0 Å². The number of hydrogen-bond acceptors (Lipinski definition) is 4. The van der Waals surface area contributed by atoms with Crippen LogP contribution in [0.2, 0.25) is 0 Å². The molecule has 0 fully saturated rings. The van der Waals surface area contributed by atoms with Gasteiger partial charge in [0.15, 0.2) is 0 Å². The molecule has 0 aliphatic heterocycles. The zero-order chi connectivity index (χ0) is 12.9. The summed E-state index contributed by atoms with van der Waals surface area (Å²) in [7, 11) is 1.60. The van der Waals surface area contributed by atoms with Gasteiger partial charge in [0.2, 0.25) is 0 Å². The van der Waals surface area contributed by atoms with Crippen LogP contribution in [0.5, 0.6) is 0 Å². The molecule has 0 aliphatic carbocycles. The van der Waals surface area contributed by atoms with E-state index in [4.69, 9.17) is 14.6 Å². The predicted molar refractivity (Wildman–Crippen MR) is 67.8 cm³/mol. The third-order valence-electron chi connectivity index (χ3n) is 2.78. The molecule has 0 unspecified atom stereocenters. The highest BCUT2D eigenvalue weighted by Gasteiger charge is 2.14. The fourth-order valence-corrected chi connectivity index (χ4v) is 1.80. The number of aliphatic hydroxyl groups excluding tert-OH is 2. The van der Waals surface area contributed by atoms with Gasteiger partial charge in [0.05, 0.1) is 12.2 Å². The molecule has 0 rings (SSSR count). The van der Waals surface area contributed by atoms with E-state index in [0.717, 1.165) is 12.8 Å². The van der Waals surface area contributed by atoms with Gasteiger partial charge in [-0.2, -0.15) is 0 Å². The fourth-order valence-electron chi connectivity index (χ4n) is 1.80. The summed E-state index contributed by atoms with van der Waals surface area (Å²) >= 11 is 0. The van der Waals surface area contributed by atoms with Crippen molar-refractivity contribution < 1.29 is 19.7 Å². The summed E-state index contributed by atoms with van der Waals surface area (Å²) in [5, 5.41) is 18.5. The molecule has 0 heterocycles. The third-order valence-corrected chi connectivity index (χ3v) is 2.78. The number of ether oxygens (including phenoxy) is 2. The van der Waals surface area contributed by atoms with Crippen LogP contribution >= 0.6 is 0 Å². The molecule has 2 N–H and O–H groups in total. The predicted octanol–water partition coefficient (Wildman–Crippen LogP) is 2.08. The molecule has 0 radical (unpaired) electrons. The molecule has 17 heavy (non-hydrogen) atoms. The van der Waals surface area contributed by atoms with Crippen molar-refractivity contribution in [1.29, 1.82) is 0 Å². The van der Waals surface area contributed by atoms with Crippen LogP contribution in [0.25, 0.3) is 0 Å². The number of rotatable bonds is 12. The van der Waals surface area contributed by atoms with Crippen LogP contribution in [0, 0.1) is 0 Å². The van der Waals surface area contributed by atoms with Gasteiger partial charge in [-0.05, 0) is 25.7 Å². The van der Waals surface area contributed by atoms with Gasteiger partial charge in [0.1, 0.15) is 6.79 Å². The second-order valence-electron chi connectivity index (χ2n) is 4.45. The van der Waals surface area contributed by atoms with Crippen LogP contribution in [0.3, 0.4) is 0 Å². The summed E-state index contributed by atoms with van der Waals surface area (Å²) in [6.45, 7) is 2.58. The minimum Gasteiger partial charge on any atom is -0.396 e. The van der Waals surface area contributed by atoms with E-state index in [-0.39, 0.29) is 25.6 Å². The highest BCUT2D eigenvalue weighted by molar-refractivity contribution is 4.65. The van der Waals surface area contributed by atoms with Crippen molar-refractivity contribution in [3.05, 3.63) is 0 Å². The van der Waals surface area contributed by atoms with Crippen molar-refractivity contribution in [1.82, 2.24) is 0 Å². The molecule has 0 aromatic rings. The van der Waals surface area contributed by atoms with Gasteiger partial charge in [0.25, 0.3) is 0 Å². The van der Waals surface area contributed by atoms with E-state index in [1.807, 2.05) is 0 Å². The first-order valence-electron chi connectivity index (χ1n) is 6.64. The molecular weight excluding hydrogens is 220 g/mol. The van der Waals surface area contributed by atoms with E-state index in [0.29, 0.717) is 19.3 Å². The quantitative estimate of drug-likeness (QED) is 0.410. The average molecular weight is 248 g/mol. The molecule has 0 amide bonds. The highest BCUT2D eigenvalue weighted by Crippen LogP contribution is 2.14. The Kier molecular flexibility index (Phi) is 12.2. The smallest absolute Gasteiger partial charge is 0.146 e. The lowest BCUT2D eigenvalue weighted by Gasteiger charge is -2.20. The van der Waals surface area contributed by atoms with Crippen molar-refractivity contribution in [3.8, 4) is 0 Å². The first-order chi connectivity index (χ1) is 8.24. The van der Waals surface area contributed by atoms with Gasteiger partial charge in [0, 0.05) is 13.7 Å². The molecule has 0 saturated carbocycles. The summed E-state index contributed by atoms with van der Waals surface area (Å²) in [5.74, 6) is 0. The van der Waals surface area contributed by atoms with Crippen molar-refractivity contribution >= 4 is 0 Å². The zero-order valence-electron chi connectivity index (χ0n) is 11.2. The van der Waals surface area contributed by atoms with E-state index in [1.165, 1.54) is 12.8 Å². The Morgan fingerprint density at radius 2 is 1.88 bits per heavy atom. The van der Waals surface area contributed by atoms with Gasteiger partial charge < -0.3 is 19.7 Å². The first-order valence-corrected chi connectivity index (χ1v) is 6.64. The minimum absolute atomic E-state index is 0.0650. The monoisotopic (exact) mass is 248 g/mol. The Labute approximate surface area is 105 Å². The highest BCUT2D eigenvalue weighted by atomic mass is 16.7. The van der Waals surface area contributed by atoms with Crippen LogP contribution in [0.1, 0.15) is 51.9 Å². The molecule has 104 valence electrons. The summed E-state index contributed by atoms with van der Waals surface area (Å²) in [6.07, 6.45) is 6.06. The molecule has 0 aromatic heterocycles. The van der Waals surface area contributed by atoms with Gasteiger partial charge in [-0.1, -0.05) is 26.2 Å². The topological polar surface area (TPSA) is 58.9 Å². The molecular formula is C13H28O4. The van der Waals surface area contributed by atoms with E-state index in [2.05, 4.69) is 6.92 Å². The van der Waals surface area contributed by atoms with Crippen LogP contribution in [-0.2, 0) is 9.47 Å². The van der Waals surface area contributed by atoms with Crippen molar-refractivity contribution in [2.75, 3.05) is 20.5 Å². The maximum absolute atomic E-state index is 9.77. The molecule has 4 nitrogen and oxygen atoms in total. The lowest BCUT2D eigenvalue weighted by Crippen LogP contribution is -2.22. The van der Waals surface area contributed by atoms with E-state index in [1.54, 1.807) is 7.11 Å². The normalized spacial score (nSPS) is 14.8. The zero-order valence-corrected chi connectivity index (χ0v) is 11.2. The maximum Gasteiger partial charge on any atom is 0.146 e. The first kappa shape index (κ1) is 16.8. The summed E-state index contributed by atoms with van der Waals surface area (Å²) in [5.41, 5.74) is 0. The van der Waals surface area contributed by atoms with E-state index in [9.17, 15) is 5.11 Å². The number of unbranched alkanes of at least 4 members (excludes halogenated alkanes) is 2. The molecule has 0 aromatic carbocycles. The lowest BCUT2D eigenvalue weighted by molar-refractivity contribution is -0.0878. The van der Waals surface area contributed by atoms with Crippen molar-refractivity contribution in [2.45, 2.75) is 64.1 Å².